The number of aromatic nitrogens is 3. The van der Waals surface area contributed by atoms with Gasteiger partial charge >= 0.3 is 0 Å². The minimum Gasteiger partial charge on any atom is -0.378 e. The molecule has 0 aliphatic carbocycles. The van der Waals surface area contributed by atoms with E-state index in [1.807, 2.05) is 54.7 Å². The number of pyridine rings is 1. The molecule has 0 atom stereocenters. The number of ether oxygens (including phenoxy) is 1. The molecule has 2 aromatic heterocycles. The summed E-state index contributed by atoms with van der Waals surface area (Å²) in [5.41, 5.74) is 4.66. The van der Waals surface area contributed by atoms with Crippen LogP contribution >= 0.6 is 0 Å². The van der Waals surface area contributed by atoms with Gasteiger partial charge in [-0.2, -0.15) is 0 Å². The average molecular weight is 467 g/mol. The number of nitrogens with one attached hydrogen (secondary N) is 2. The van der Waals surface area contributed by atoms with Crippen LogP contribution in [0.4, 0.5) is 17.5 Å². The molecule has 2 N–H and O–H groups in total. The Morgan fingerprint density at radius 3 is 2.71 bits per heavy atom. The Kier molecular flexibility index (Phi) is 6.63. The Labute approximate surface area is 203 Å². The van der Waals surface area contributed by atoms with E-state index in [2.05, 4.69) is 38.1 Å². The fraction of sp³-hybridized carbons (Fsp3) is 0.185. The van der Waals surface area contributed by atoms with Crippen molar-refractivity contribution in [3.8, 4) is 11.1 Å². The highest BCUT2D eigenvalue weighted by molar-refractivity contribution is 5.94. The van der Waals surface area contributed by atoms with Crippen LogP contribution in [0.1, 0.15) is 5.56 Å². The standard InChI is InChI=1S/C27H26N6O2/c1-2-25(34)29-16-19-5-3-6-20(15-19)23-8-4-7-21-17-30-27(32-26(21)23)31-22-9-10-24(28-18-22)33-11-13-35-14-12-33/h2-10,15,17-18H,1,11-14,16H2,(H,29,34)(H,30,31,32). The number of carbonyl (C=O) groups is 1. The molecule has 1 aliphatic heterocycles. The Bertz CT molecular complexity index is 1350. The van der Waals surface area contributed by atoms with Gasteiger partial charge in [-0.1, -0.05) is 43.0 Å². The summed E-state index contributed by atoms with van der Waals surface area (Å²) in [5.74, 6) is 1.24. The van der Waals surface area contributed by atoms with Crippen molar-refractivity contribution in [2.45, 2.75) is 6.54 Å². The van der Waals surface area contributed by atoms with Gasteiger partial charge in [-0.25, -0.2) is 15.0 Å². The summed E-state index contributed by atoms with van der Waals surface area (Å²) in [5, 5.41) is 7.03. The third-order valence-corrected chi connectivity index (χ3v) is 5.84. The number of rotatable bonds is 7. The van der Waals surface area contributed by atoms with E-state index in [-0.39, 0.29) is 5.91 Å². The lowest BCUT2D eigenvalue weighted by Crippen LogP contribution is -2.36. The topological polar surface area (TPSA) is 92.3 Å². The summed E-state index contributed by atoms with van der Waals surface area (Å²) >= 11 is 0. The lowest BCUT2D eigenvalue weighted by molar-refractivity contribution is -0.116. The molecule has 8 heteroatoms. The number of para-hydroxylation sites is 1. The van der Waals surface area contributed by atoms with E-state index in [9.17, 15) is 4.79 Å². The molecular weight excluding hydrogens is 440 g/mol. The minimum absolute atomic E-state index is 0.198. The molecule has 0 radical (unpaired) electrons. The maximum absolute atomic E-state index is 11.5. The van der Waals surface area contributed by atoms with Gasteiger partial charge in [0.05, 0.1) is 30.6 Å². The summed E-state index contributed by atoms with van der Waals surface area (Å²) in [6.07, 6.45) is 4.88. The van der Waals surface area contributed by atoms with Gasteiger partial charge in [0.25, 0.3) is 0 Å². The first-order chi connectivity index (χ1) is 17.2. The Balaban J connectivity index is 1.39. The van der Waals surface area contributed by atoms with Crippen molar-refractivity contribution in [1.29, 1.82) is 0 Å². The first kappa shape index (κ1) is 22.5. The van der Waals surface area contributed by atoms with Crippen LogP contribution < -0.4 is 15.5 Å². The van der Waals surface area contributed by atoms with Crippen LogP contribution in [0.3, 0.4) is 0 Å². The van der Waals surface area contributed by atoms with Crippen molar-refractivity contribution >= 4 is 34.3 Å². The van der Waals surface area contributed by atoms with Gasteiger partial charge in [-0.05, 0) is 35.4 Å². The maximum atomic E-state index is 11.5. The van der Waals surface area contributed by atoms with Gasteiger partial charge in [0.15, 0.2) is 0 Å². The number of hydrogen-bond donors (Lipinski definition) is 2. The molecule has 5 rings (SSSR count). The summed E-state index contributed by atoms with van der Waals surface area (Å²) in [7, 11) is 0. The SMILES string of the molecule is C=CC(=O)NCc1cccc(-c2cccc3cnc(Nc4ccc(N5CCOCC5)nc4)nc23)c1. The second kappa shape index (κ2) is 10.3. The highest BCUT2D eigenvalue weighted by Crippen LogP contribution is 2.29. The molecule has 4 aromatic rings. The number of fused-ring (bicyclic) bond motifs is 1. The first-order valence-electron chi connectivity index (χ1n) is 11.5. The molecule has 1 saturated heterocycles. The lowest BCUT2D eigenvalue weighted by Gasteiger charge is -2.27. The molecule has 0 saturated carbocycles. The molecule has 0 spiro atoms. The molecule has 1 aliphatic rings. The quantitative estimate of drug-likeness (QED) is 0.397. The molecule has 1 fully saturated rings. The van der Waals surface area contributed by atoms with Crippen molar-refractivity contribution in [2.24, 2.45) is 0 Å². The molecule has 35 heavy (non-hydrogen) atoms. The van der Waals surface area contributed by atoms with Gasteiger partial charge in [0, 0.05) is 36.8 Å². The van der Waals surface area contributed by atoms with Crippen LogP contribution in [0.2, 0.25) is 0 Å². The van der Waals surface area contributed by atoms with Crippen LogP contribution in [0.15, 0.2) is 79.6 Å². The molecular formula is C27H26N6O2. The largest absolute Gasteiger partial charge is 0.378 e. The molecule has 0 unspecified atom stereocenters. The van der Waals surface area contributed by atoms with Gasteiger partial charge in [0.2, 0.25) is 11.9 Å². The summed E-state index contributed by atoms with van der Waals surface area (Å²) < 4.78 is 5.41. The van der Waals surface area contributed by atoms with Gasteiger partial charge in [0.1, 0.15) is 5.82 Å². The maximum Gasteiger partial charge on any atom is 0.243 e. The zero-order valence-electron chi connectivity index (χ0n) is 19.3. The molecule has 3 heterocycles. The van der Waals surface area contributed by atoms with E-state index in [1.165, 1.54) is 6.08 Å². The molecule has 176 valence electrons. The number of nitrogens with zero attached hydrogens (tertiary/aromatic N) is 4. The van der Waals surface area contributed by atoms with Crippen LogP contribution in [0.25, 0.3) is 22.0 Å². The van der Waals surface area contributed by atoms with Crippen LogP contribution in [-0.2, 0) is 16.1 Å². The zero-order chi connectivity index (χ0) is 24.0. The number of anilines is 3. The fourth-order valence-electron chi connectivity index (χ4n) is 4.03. The van der Waals surface area contributed by atoms with Crippen molar-refractivity contribution in [3.05, 3.63) is 85.2 Å². The predicted octanol–water partition coefficient (Wildman–Crippen LogP) is 4.07. The van der Waals surface area contributed by atoms with Gasteiger partial charge < -0.3 is 20.3 Å². The third-order valence-electron chi connectivity index (χ3n) is 5.84. The lowest BCUT2D eigenvalue weighted by atomic mass is 10.0. The van der Waals surface area contributed by atoms with Crippen LogP contribution in [0, 0.1) is 0 Å². The van der Waals surface area contributed by atoms with E-state index in [0.717, 1.165) is 65.4 Å². The van der Waals surface area contributed by atoms with E-state index in [0.29, 0.717) is 12.5 Å². The molecule has 8 nitrogen and oxygen atoms in total. The Morgan fingerprint density at radius 2 is 1.91 bits per heavy atom. The number of morpholine rings is 1. The highest BCUT2D eigenvalue weighted by Gasteiger charge is 2.13. The van der Waals surface area contributed by atoms with E-state index >= 15 is 0 Å². The first-order valence-corrected chi connectivity index (χ1v) is 11.5. The zero-order valence-corrected chi connectivity index (χ0v) is 19.3. The normalized spacial score (nSPS) is 13.4. The summed E-state index contributed by atoms with van der Waals surface area (Å²) in [4.78, 5) is 27.6. The number of amides is 1. The monoisotopic (exact) mass is 466 g/mol. The minimum atomic E-state index is -0.198. The Hall–Kier alpha value is -4.30. The van der Waals surface area contributed by atoms with Crippen LogP contribution in [-0.4, -0.2) is 47.2 Å². The average Bonchev–Trinajstić information content (AvgIpc) is 2.92. The predicted molar refractivity (Wildman–Crippen MR) is 138 cm³/mol. The second-order valence-electron chi connectivity index (χ2n) is 8.19. The highest BCUT2D eigenvalue weighted by atomic mass is 16.5. The van der Waals surface area contributed by atoms with Crippen LogP contribution in [0.5, 0.6) is 0 Å². The van der Waals surface area contributed by atoms with E-state index < -0.39 is 0 Å². The van der Waals surface area contributed by atoms with Crippen molar-refractivity contribution < 1.29 is 9.53 Å². The van der Waals surface area contributed by atoms with Crippen molar-refractivity contribution in [1.82, 2.24) is 20.3 Å². The summed E-state index contributed by atoms with van der Waals surface area (Å²) in [6, 6.07) is 18.1. The van der Waals surface area contributed by atoms with E-state index in [4.69, 9.17) is 9.72 Å². The van der Waals surface area contributed by atoms with Gasteiger partial charge in [-0.3, -0.25) is 4.79 Å². The fourth-order valence-corrected chi connectivity index (χ4v) is 4.03. The van der Waals surface area contributed by atoms with Gasteiger partial charge in [-0.15, -0.1) is 0 Å². The smallest absolute Gasteiger partial charge is 0.243 e. The van der Waals surface area contributed by atoms with E-state index in [1.54, 1.807) is 6.20 Å². The number of carbonyl (C=O) groups excluding carboxylic acids is 1. The molecule has 1 amide bonds. The molecule has 0 bridgehead atoms. The number of benzene rings is 2. The van der Waals surface area contributed by atoms with Crippen molar-refractivity contribution in [3.63, 3.8) is 0 Å². The molecule has 2 aromatic carbocycles. The summed E-state index contributed by atoms with van der Waals surface area (Å²) in [6.45, 7) is 7.06. The third kappa shape index (κ3) is 5.28. The Morgan fingerprint density at radius 1 is 1.06 bits per heavy atom. The number of hydrogen-bond acceptors (Lipinski definition) is 7. The van der Waals surface area contributed by atoms with Crippen molar-refractivity contribution in [2.75, 3.05) is 36.5 Å². The second-order valence-corrected chi connectivity index (χ2v) is 8.19.